The number of phenolic OH excluding ortho intramolecular Hbond substituents is 1. The molecule has 7 atom stereocenters. The molecule has 0 aliphatic rings. The topological polar surface area (TPSA) is 383 Å². The van der Waals surface area contributed by atoms with Gasteiger partial charge in [-0.1, -0.05) is 60.7 Å². The minimum Gasteiger partial charge on any atom is -0.508 e. The van der Waals surface area contributed by atoms with Crippen molar-refractivity contribution in [1.82, 2.24) is 42.2 Å². The van der Waals surface area contributed by atoms with Gasteiger partial charge in [0.25, 0.3) is 0 Å². The first kappa shape index (κ1) is 56.6. The summed E-state index contributed by atoms with van der Waals surface area (Å²) < 4.78 is 0. The summed E-state index contributed by atoms with van der Waals surface area (Å²) in [5, 5.41) is 46.5. The smallest absolute Gasteiger partial charge is 0.305 e. The van der Waals surface area contributed by atoms with Crippen molar-refractivity contribution in [2.45, 2.75) is 94.2 Å². The lowest BCUT2D eigenvalue weighted by molar-refractivity contribution is -0.141. The van der Waals surface area contributed by atoms with Crippen molar-refractivity contribution < 1.29 is 63.3 Å². The fraction of sp³-hybridized carbons (Fsp3) is 0.375. The van der Waals surface area contributed by atoms with Crippen LogP contribution in [0.25, 0.3) is 10.9 Å². The zero-order chi connectivity index (χ0) is 52.9. The van der Waals surface area contributed by atoms with Crippen LogP contribution in [-0.2, 0) is 67.2 Å². The van der Waals surface area contributed by atoms with Crippen molar-refractivity contribution in [3.8, 4) is 5.75 Å². The molecule has 0 spiro atoms. The molecule has 0 fully saturated rings. The van der Waals surface area contributed by atoms with Gasteiger partial charge in [-0.3, -0.25) is 47.9 Å². The monoisotopic (exact) mass is 1020 g/mol. The molecule has 23 nitrogen and oxygen atoms in total. The van der Waals surface area contributed by atoms with Crippen LogP contribution in [0.15, 0.2) is 85.1 Å². The van der Waals surface area contributed by atoms with Gasteiger partial charge >= 0.3 is 11.9 Å². The number of carbonyl (C=O) groups excluding carboxylic acids is 8. The molecule has 0 aliphatic heterocycles. The standard InChI is InChI=1S/C48H60N10O13S/c1-26(53-44(67)32(49)16-17-40(61)62)43(66)57-36(21-28-12-14-30(59)15-13-28)45(68)52-25-39(60)54-37(22-29-24-51-33-11-7-6-10-31(29)33)47(70)55-34(18-19-72-2)46(69)58-38(23-41(63)64)48(71)56-35(42(50)65)20-27-8-4-3-5-9-27/h3-15,24,26,32,34-38,51,59H,16-23,25,49H2,1-2H3,(H2,50,65)(H,52,68)(H,53,67)(H,54,60)(H,55,70)(H,56,71)(H,57,66)(H,58,69)(H,61,62)(H,63,64)/t26-,32-,34-,35-,36-,37-,38-/m0/s1. The molecule has 0 saturated heterocycles. The van der Waals surface area contributed by atoms with Crippen LogP contribution in [0.3, 0.4) is 0 Å². The van der Waals surface area contributed by atoms with Gasteiger partial charge in [0.2, 0.25) is 47.3 Å². The lowest BCUT2D eigenvalue weighted by atomic mass is 10.0. The van der Waals surface area contributed by atoms with E-state index in [1.54, 1.807) is 67.0 Å². The molecular weight excluding hydrogens is 957 g/mol. The van der Waals surface area contributed by atoms with Gasteiger partial charge in [-0.25, -0.2) is 0 Å². The summed E-state index contributed by atoms with van der Waals surface area (Å²) in [6, 6.07) is 11.8. The Balaban J connectivity index is 1.52. The molecule has 1 heterocycles. The molecule has 72 heavy (non-hydrogen) atoms. The van der Waals surface area contributed by atoms with Crippen molar-refractivity contribution in [2.24, 2.45) is 11.5 Å². The highest BCUT2D eigenvalue weighted by Crippen LogP contribution is 2.20. The molecule has 24 heteroatoms. The maximum Gasteiger partial charge on any atom is 0.305 e. The molecule has 3 aromatic carbocycles. The number of fused-ring (bicyclic) bond motifs is 1. The third-order valence-electron chi connectivity index (χ3n) is 11.1. The van der Waals surface area contributed by atoms with Crippen molar-refractivity contribution in [2.75, 3.05) is 18.6 Å². The number of H-pyrrole nitrogens is 1. The van der Waals surface area contributed by atoms with Gasteiger partial charge in [-0.15, -0.1) is 0 Å². The first-order valence-corrected chi connectivity index (χ1v) is 24.1. The number of carboxylic acids is 2. The summed E-state index contributed by atoms with van der Waals surface area (Å²) in [6.45, 7) is 0.580. The fourth-order valence-corrected chi connectivity index (χ4v) is 7.68. The quantitative estimate of drug-likeness (QED) is 0.0306. The molecule has 386 valence electrons. The number of para-hydroxylation sites is 1. The van der Waals surface area contributed by atoms with Crippen LogP contribution in [0.4, 0.5) is 0 Å². The number of hydrogen-bond acceptors (Lipinski definition) is 13. The zero-order valence-corrected chi connectivity index (χ0v) is 40.3. The highest BCUT2D eigenvalue weighted by atomic mass is 32.2. The van der Waals surface area contributed by atoms with E-state index in [2.05, 4.69) is 42.2 Å². The first-order chi connectivity index (χ1) is 34.2. The molecule has 0 saturated carbocycles. The van der Waals surface area contributed by atoms with Crippen LogP contribution in [-0.4, -0.2) is 140 Å². The van der Waals surface area contributed by atoms with Crippen molar-refractivity contribution >= 4 is 81.9 Å². The number of rotatable bonds is 29. The SMILES string of the molecule is CSCC[C@H](NC(=O)[C@H](Cc1c[nH]c2ccccc12)NC(=O)CNC(=O)[C@H](Cc1ccc(O)cc1)NC(=O)[C@H](C)NC(=O)[C@@H](N)CCC(=O)O)C(=O)N[C@@H](CC(=O)O)C(=O)N[C@@H](Cc1ccccc1)C(N)=O. The second kappa shape index (κ2) is 28.0. The number of primary amides is 1. The highest BCUT2D eigenvalue weighted by Gasteiger charge is 2.33. The Hall–Kier alpha value is -7.99. The minimum absolute atomic E-state index is 0.0180. The zero-order valence-electron chi connectivity index (χ0n) is 39.5. The number of nitrogens with one attached hydrogen (secondary N) is 8. The van der Waals surface area contributed by atoms with E-state index in [0.717, 1.165) is 0 Å². The number of nitrogens with two attached hydrogens (primary N) is 2. The van der Waals surface area contributed by atoms with Crippen LogP contribution in [0, 0.1) is 0 Å². The largest absolute Gasteiger partial charge is 0.508 e. The molecule has 0 bridgehead atoms. The number of carbonyl (C=O) groups is 10. The number of aliphatic carboxylic acids is 2. The van der Waals surface area contributed by atoms with Gasteiger partial charge < -0.3 is 69.0 Å². The van der Waals surface area contributed by atoms with Crippen molar-refractivity contribution in [3.05, 3.63) is 102 Å². The van der Waals surface area contributed by atoms with Crippen LogP contribution < -0.4 is 48.7 Å². The highest BCUT2D eigenvalue weighted by molar-refractivity contribution is 7.98. The molecule has 0 unspecified atom stereocenters. The Bertz CT molecular complexity index is 2560. The van der Waals surface area contributed by atoms with E-state index in [0.29, 0.717) is 33.3 Å². The molecule has 0 radical (unpaired) electrons. The molecule has 0 aliphatic carbocycles. The van der Waals surface area contributed by atoms with Crippen LogP contribution in [0.5, 0.6) is 5.75 Å². The van der Waals surface area contributed by atoms with Crippen molar-refractivity contribution in [3.63, 3.8) is 0 Å². The van der Waals surface area contributed by atoms with Crippen LogP contribution >= 0.6 is 11.8 Å². The Labute approximate surface area is 417 Å². The lowest BCUT2D eigenvalue weighted by Gasteiger charge is -2.26. The normalized spacial score (nSPS) is 13.9. The minimum atomic E-state index is -1.72. The molecule has 4 rings (SSSR count). The number of hydrogen-bond donors (Lipinski definition) is 13. The molecular formula is C48H60N10O13S. The van der Waals surface area contributed by atoms with Gasteiger partial charge in [0.15, 0.2) is 0 Å². The van der Waals surface area contributed by atoms with Crippen molar-refractivity contribution in [1.29, 1.82) is 0 Å². The number of aromatic nitrogens is 1. The summed E-state index contributed by atoms with van der Waals surface area (Å²) in [5.41, 5.74) is 13.8. The maximum atomic E-state index is 14.3. The third kappa shape index (κ3) is 18.4. The van der Waals surface area contributed by atoms with E-state index < -0.39 is 121 Å². The van der Waals surface area contributed by atoms with Gasteiger partial charge in [0.1, 0.15) is 42.0 Å². The summed E-state index contributed by atoms with van der Waals surface area (Å²) in [4.78, 5) is 133. The Morgan fingerprint density at radius 2 is 1.18 bits per heavy atom. The number of phenols is 1. The molecule has 1 aromatic heterocycles. The average Bonchev–Trinajstić information content (AvgIpc) is 3.75. The van der Waals surface area contributed by atoms with E-state index >= 15 is 0 Å². The van der Waals surface area contributed by atoms with E-state index in [4.69, 9.17) is 16.6 Å². The second-order valence-electron chi connectivity index (χ2n) is 16.8. The van der Waals surface area contributed by atoms with E-state index in [-0.39, 0.29) is 37.9 Å². The lowest BCUT2D eigenvalue weighted by Crippen LogP contribution is -2.59. The van der Waals surface area contributed by atoms with Gasteiger partial charge in [0.05, 0.1) is 19.0 Å². The molecule has 15 N–H and O–H groups in total. The Kier molecular flexibility index (Phi) is 22.0. The summed E-state index contributed by atoms with van der Waals surface area (Å²) in [6.07, 6.45) is 1.54. The maximum absolute atomic E-state index is 14.3. The fourth-order valence-electron chi connectivity index (χ4n) is 7.21. The summed E-state index contributed by atoms with van der Waals surface area (Å²) in [7, 11) is 0. The average molecular weight is 1020 g/mol. The number of aromatic amines is 1. The van der Waals surface area contributed by atoms with Crippen LogP contribution in [0.1, 0.15) is 49.3 Å². The number of aromatic hydroxyl groups is 1. The summed E-state index contributed by atoms with van der Waals surface area (Å²) in [5.74, 6) is -9.53. The Morgan fingerprint density at radius 3 is 1.83 bits per heavy atom. The predicted molar refractivity (Wildman–Crippen MR) is 264 cm³/mol. The number of amides is 8. The van der Waals surface area contributed by atoms with E-state index in [1.165, 1.54) is 43.0 Å². The number of benzene rings is 3. The second-order valence-corrected chi connectivity index (χ2v) is 17.7. The van der Waals surface area contributed by atoms with Gasteiger partial charge in [-0.05, 0) is 66.7 Å². The predicted octanol–water partition coefficient (Wildman–Crippen LogP) is -1.15. The molecule has 4 aromatic rings. The Morgan fingerprint density at radius 1 is 0.611 bits per heavy atom. The number of thioether (sulfide) groups is 1. The first-order valence-electron chi connectivity index (χ1n) is 22.7. The van der Waals surface area contributed by atoms with E-state index in [9.17, 15) is 58.2 Å². The number of carboxylic acid groups (broad SMARTS) is 2. The summed E-state index contributed by atoms with van der Waals surface area (Å²) >= 11 is 1.32. The van der Waals surface area contributed by atoms with E-state index in [1.807, 2.05) is 0 Å². The third-order valence-corrected chi connectivity index (χ3v) is 11.8. The van der Waals surface area contributed by atoms with Crippen LogP contribution in [0.2, 0.25) is 0 Å². The molecule has 8 amide bonds. The van der Waals surface area contributed by atoms with Gasteiger partial charge in [-0.2, -0.15) is 11.8 Å². The van der Waals surface area contributed by atoms with Gasteiger partial charge in [0, 0.05) is 42.8 Å².